The maximum absolute atomic E-state index is 2.34. The predicted molar refractivity (Wildman–Crippen MR) is 82.2 cm³/mol. The van der Waals surface area contributed by atoms with Crippen LogP contribution < -0.4 is 0 Å². The Morgan fingerprint density at radius 1 is 0.895 bits per heavy atom. The Morgan fingerprint density at radius 2 is 1.84 bits per heavy atom. The maximum Gasteiger partial charge on any atom is -0.00233 e. The van der Waals surface area contributed by atoms with Crippen LogP contribution in [0.2, 0.25) is 0 Å². The van der Waals surface area contributed by atoms with Gasteiger partial charge in [0.15, 0.2) is 0 Å². The molecule has 0 atom stereocenters. The molecule has 0 N–H and O–H groups in total. The van der Waals surface area contributed by atoms with Crippen LogP contribution in [-0.2, 0) is 6.42 Å². The lowest BCUT2D eigenvalue weighted by molar-refractivity contribution is 1.25. The van der Waals surface area contributed by atoms with Crippen LogP contribution in [0, 0.1) is 0 Å². The fourth-order valence-corrected chi connectivity index (χ4v) is 3.58. The molecule has 0 aromatic heterocycles. The first-order valence-corrected chi connectivity index (χ1v) is 6.78. The van der Waals surface area contributed by atoms with E-state index in [9.17, 15) is 0 Å². The van der Waals surface area contributed by atoms with Crippen molar-refractivity contribution < 1.29 is 0 Å². The Kier molecular flexibility index (Phi) is 1.59. The van der Waals surface area contributed by atoms with Crippen LogP contribution >= 0.6 is 0 Å². The SMILES string of the molecule is C1=CC2=Cc3cc4ccccc4c4ccc(c2c34)C1. The molecule has 0 saturated heterocycles. The standard InChI is InChI=1S/C19H12/c1-2-7-16-13(4-1)10-15-11-14-6-3-5-12-8-9-17(16)19(15)18(12)14/h1-4,6-11H,5H2. The molecule has 0 amide bonds. The number of allylic oxidation sites excluding steroid dienone is 3. The monoisotopic (exact) mass is 240 g/mol. The first-order chi connectivity index (χ1) is 9.42. The van der Waals surface area contributed by atoms with Gasteiger partial charge in [-0.05, 0) is 62.4 Å². The molecule has 0 spiro atoms. The van der Waals surface area contributed by atoms with Crippen molar-refractivity contribution >= 4 is 33.2 Å². The largest absolute Gasteiger partial charge is 0.0795 e. The Hall–Kier alpha value is -2.34. The van der Waals surface area contributed by atoms with Crippen molar-refractivity contribution in [1.29, 1.82) is 0 Å². The van der Waals surface area contributed by atoms with Gasteiger partial charge in [-0.2, -0.15) is 0 Å². The van der Waals surface area contributed by atoms with E-state index >= 15 is 0 Å². The van der Waals surface area contributed by atoms with Gasteiger partial charge < -0.3 is 0 Å². The van der Waals surface area contributed by atoms with E-state index in [1.807, 2.05) is 0 Å². The normalized spacial score (nSPS) is 15.3. The molecule has 2 aliphatic carbocycles. The highest BCUT2D eigenvalue weighted by molar-refractivity contribution is 6.20. The average molecular weight is 240 g/mol. The summed E-state index contributed by atoms with van der Waals surface area (Å²) in [5, 5.41) is 5.56. The summed E-state index contributed by atoms with van der Waals surface area (Å²) in [6.07, 6.45) is 7.94. The number of rotatable bonds is 0. The minimum Gasteiger partial charge on any atom is -0.0795 e. The van der Waals surface area contributed by atoms with Gasteiger partial charge in [0, 0.05) is 0 Å². The molecule has 88 valence electrons. The predicted octanol–water partition coefficient (Wildman–Crippen LogP) is 4.96. The lowest BCUT2D eigenvalue weighted by Crippen LogP contribution is -1.95. The van der Waals surface area contributed by atoms with Gasteiger partial charge in [0.05, 0.1) is 0 Å². The van der Waals surface area contributed by atoms with Gasteiger partial charge in [-0.1, -0.05) is 48.6 Å². The molecule has 3 aromatic carbocycles. The maximum atomic E-state index is 2.34. The van der Waals surface area contributed by atoms with Crippen molar-refractivity contribution in [3.8, 4) is 0 Å². The van der Waals surface area contributed by atoms with Gasteiger partial charge in [0.1, 0.15) is 0 Å². The van der Waals surface area contributed by atoms with Crippen LogP contribution in [0.15, 0.2) is 54.6 Å². The smallest absolute Gasteiger partial charge is 0.00233 e. The molecule has 19 heavy (non-hydrogen) atoms. The fourth-order valence-electron chi connectivity index (χ4n) is 3.58. The second kappa shape index (κ2) is 3.16. The average Bonchev–Trinajstić information content (AvgIpc) is 2.83. The molecule has 0 radical (unpaired) electrons. The summed E-state index contributed by atoms with van der Waals surface area (Å²) in [7, 11) is 0. The first kappa shape index (κ1) is 9.57. The third kappa shape index (κ3) is 1.09. The Balaban J connectivity index is 2.10. The summed E-state index contributed by atoms with van der Waals surface area (Å²) in [5.41, 5.74) is 5.71. The molecule has 0 aliphatic heterocycles. The third-order valence-corrected chi connectivity index (χ3v) is 4.38. The molecular formula is C19H12. The van der Waals surface area contributed by atoms with Crippen molar-refractivity contribution in [3.63, 3.8) is 0 Å². The van der Waals surface area contributed by atoms with Crippen LogP contribution in [-0.4, -0.2) is 0 Å². The van der Waals surface area contributed by atoms with Crippen molar-refractivity contribution in [2.24, 2.45) is 0 Å². The minimum absolute atomic E-state index is 1.06. The van der Waals surface area contributed by atoms with Crippen LogP contribution in [0.1, 0.15) is 16.7 Å². The summed E-state index contributed by atoms with van der Waals surface area (Å²) in [6, 6.07) is 15.6. The molecule has 0 saturated carbocycles. The van der Waals surface area contributed by atoms with E-state index in [1.54, 1.807) is 0 Å². The molecule has 0 heteroatoms. The van der Waals surface area contributed by atoms with Gasteiger partial charge >= 0.3 is 0 Å². The van der Waals surface area contributed by atoms with E-state index in [0.29, 0.717) is 0 Å². The first-order valence-electron chi connectivity index (χ1n) is 6.78. The summed E-state index contributed by atoms with van der Waals surface area (Å²) >= 11 is 0. The Morgan fingerprint density at radius 3 is 2.84 bits per heavy atom. The van der Waals surface area contributed by atoms with E-state index in [4.69, 9.17) is 0 Å². The van der Waals surface area contributed by atoms with E-state index in [2.05, 4.69) is 60.7 Å². The summed E-state index contributed by atoms with van der Waals surface area (Å²) in [4.78, 5) is 0. The Bertz CT molecular complexity index is 924. The van der Waals surface area contributed by atoms with Gasteiger partial charge in [0.2, 0.25) is 0 Å². The van der Waals surface area contributed by atoms with Crippen LogP contribution in [0.3, 0.4) is 0 Å². The lowest BCUT2D eigenvalue weighted by Gasteiger charge is -2.14. The number of fused-ring (bicyclic) bond motifs is 2. The van der Waals surface area contributed by atoms with Crippen molar-refractivity contribution in [2.45, 2.75) is 6.42 Å². The molecule has 0 fully saturated rings. The highest BCUT2D eigenvalue weighted by Crippen LogP contribution is 2.44. The number of benzene rings is 3. The molecule has 0 nitrogen and oxygen atoms in total. The lowest BCUT2D eigenvalue weighted by atomic mass is 9.89. The zero-order valence-corrected chi connectivity index (χ0v) is 10.5. The highest BCUT2D eigenvalue weighted by atomic mass is 14.2. The number of hydrogen-bond donors (Lipinski definition) is 0. The second-order valence-electron chi connectivity index (χ2n) is 5.42. The van der Waals surface area contributed by atoms with Crippen LogP contribution in [0.4, 0.5) is 0 Å². The second-order valence-corrected chi connectivity index (χ2v) is 5.42. The van der Waals surface area contributed by atoms with Gasteiger partial charge in [0.25, 0.3) is 0 Å². The molecule has 3 aromatic rings. The van der Waals surface area contributed by atoms with E-state index in [-0.39, 0.29) is 0 Å². The molecule has 0 heterocycles. The topological polar surface area (TPSA) is 0 Å². The summed E-state index contributed by atoms with van der Waals surface area (Å²) in [6.45, 7) is 0. The summed E-state index contributed by atoms with van der Waals surface area (Å²) in [5.74, 6) is 0. The third-order valence-electron chi connectivity index (χ3n) is 4.38. The van der Waals surface area contributed by atoms with Gasteiger partial charge in [-0.25, -0.2) is 0 Å². The fraction of sp³-hybridized carbons (Fsp3) is 0.0526. The minimum atomic E-state index is 1.06. The van der Waals surface area contributed by atoms with E-state index in [1.165, 1.54) is 43.8 Å². The van der Waals surface area contributed by atoms with Crippen molar-refractivity contribution in [2.75, 3.05) is 0 Å². The molecule has 5 rings (SSSR count). The van der Waals surface area contributed by atoms with Crippen LogP contribution in [0.5, 0.6) is 0 Å². The number of hydrogen-bond acceptors (Lipinski definition) is 0. The quantitative estimate of drug-likeness (QED) is 0.487. The molecule has 2 aliphatic rings. The molecule has 0 unspecified atom stereocenters. The van der Waals surface area contributed by atoms with Crippen molar-refractivity contribution in [3.05, 3.63) is 71.3 Å². The van der Waals surface area contributed by atoms with E-state index < -0.39 is 0 Å². The van der Waals surface area contributed by atoms with Gasteiger partial charge in [-0.15, -0.1) is 0 Å². The zero-order chi connectivity index (χ0) is 12.4. The highest BCUT2D eigenvalue weighted by Gasteiger charge is 2.21. The molecule has 0 bridgehead atoms. The van der Waals surface area contributed by atoms with Crippen molar-refractivity contribution in [1.82, 2.24) is 0 Å². The van der Waals surface area contributed by atoms with Crippen LogP contribution in [0.25, 0.3) is 33.2 Å². The van der Waals surface area contributed by atoms with Gasteiger partial charge in [-0.3, -0.25) is 0 Å². The summed E-state index contributed by atoms with van der Waals surface area (Å²) < 4.78 is 0. The molecular weight excluding hydrogens is 228 g/mol. The zero-order valence-electron chi connectivity index (χ0n) is 10.5. The Labute approximate surface area is 111 Å². The van der Waals surface area contributed by atoms with E-state index in [0.717, 1.165) is 6.42 Å².